The third-order valence-electron chi connectivity index (χ3n) is 3.51. The highest BCUT2D eigenvalue weighted by molar-refractivity contribution is 7.09. The first-order valence-corrected chi connectivity index (χ1v) is 8.30. The Kier molecular flexibility index (Phi) is 5.80. The molecule has 2 N–H and O–H groups in total. The topological polar surface area (TPSA) is 140 Å². The zero-order chi connectivity index (χ0) is 18.6. The van der Waals surface area contributed by atoms with Crippen LogP contribution in [0.15, 0.2) is 5.38 Å². The van der Waals surface area contributed by atoms with E-state index in [2.05, 4.69) is 15.4 Å². The van der Waals surface area contributed by atoms with Crippen molar-refractivity contribution in [3.05, 3.63) is 37.6 Å². The average molecular weight is 367 g/mol. The lowest BCUT2D eigenvalue weighted by atomic mass is 10.3. The van der Waals surface area contributed by atoms with Crippen LogP contribution in [0.3, 0.4) is 0 Å². The molecule has 2 heterocycles. The van der Waals surface area contributed by atoms with Crippen LogP contribution in [0.2, 0.25) is 0 Å². The number of aromatic carboxylic acids is 1. The van der Waals surface area contributed by atoms with Crippen molar-refractivity contribution in [2.75, 3.05) is 6.54 Å². The van der Waals surface area contributed by atoms with E-state index >= 15 is 0 Å². The molecule has 0 aliphatic carbocycles. The maximum absolute atomic E-state index is 11.9. The molecule has 0 bridgehead atoms. The molecule has 0 saturated carbocycles. The molecule has 0 aromatic carbocycles. The number of thiazole rings is 1. The summed E-state index contributed by atoms with van der Waals surface area (Å²) in [6, 6.07) is 0. The monoisotopic (exact) mass is 367 g/mol. The van der Waals surface area contributed by atoms with E-state index in [1.54, 1.807) is 13.8 Å². The Morgan fingerprint density at radius 3 is 2.72 bits per heavy atom. The smallest absolute Gasteiger partial charge is 0.355 e. The Morgan fingerprint density at radius 1 is 1.44 bits per heavy atom. The summed E-state index contributed by atoms with van der Waals surface area (Å²) in [5.74, 6) is -1.30. The van der Waals surface area contributed by atoms with Crippen LogP contribution in [0.5, 0.6) is 0 Å². The zero-order valence-corrected chi connectivity index (χ0v) is 14.5. The van der Waals surface area contributed by atoms with Gasteiger partial charge in [0, 0.05) is 24.8 Å². The number of carboxylic acid groups (broad SMARTS) is 1. The van der Waals surface area contributed by atoms with Gasteiger partial charge in [-0.2, -0.15) is 5.10 Å². The molecule has 0 atom stereocenters. The molecule has 25 heavy (non-hydrogen) atoms. The number of rotatable bonds is 8. The van der Waals surface area contributed by atoms with Crippen LogP contribution in [0.1, 0.15) is 33.3 Å². The highest BCUT2D eigenvalue weighted by atomic mass is 32.1. The van der Waals surface area contributed by atoms with Crippen molar-refractivity contribution in [3.8, 4) is 0 Å². The van der Waals surface area contributed by atoms with E-state index in [0.717, 1.165) is 0 Å². The molecule has 0 radical (unpaired) electrons. The van der Waals surface area contributed by atoms with Crippen molar-refractivity contribution in [1.29, 1.82) is 0 Å². The van der Waals surface area contributed by atoms with Crippen molar-refractivity contribution in [1.82, 2.24) is 20.1 Å². The predicted molar refractivity (Wildman–Crippen MR) is 88.8 cm³/mol. The van der Waals surface area contributed by atoms with E-state index in [1.807, 2.05) is 0 Å². The maximum Gasteiger partial charge on any atom is 0.355 e. The SMILES string of the molecule is Cc1nn(CCC(=O)NCCc2nc(C(=O)O)cs2)c(C)c1[N+](=O)[O-]. The van der Waals surface area contributed by atoms with Crippen molar-refractivity contribution in [2.45, 2.75) is 33.2 Å². The van der Waals surface area contributed by atoms with Gasteiger partial charge < -0.3 is 10.4 Å². The summed E-state index contributed by atoms with van der Waals surface area (Å²) in [4.78, 5) is 37.0. The number of carbonyl (C=O) groups is 2. The van der Waals surface area contributed by atoms with Crippen LogP contribution in [-0.2, 0) is 17.8 Å². The van der Waals surface area contributed by atoms with E-state index in [1.165, 1.54) is 21.4 Å². The second-order valence-corrected chi connectivity index (χ2v) is 6.22. The van der Waals surface area contributed by atoms with Gasteiger partial charge in [-0.05, 0) is 13.8 Å². The van der Waals surface area contributed by atoms with Gasteiger partial charge >= 0.3 is 11.7 Å². The molecule has 2 aromatic heterocycles. The normalized spacial score (nSPS) is 10.6. The molecule has 0 aliphatic heterocycles. The van der Waals surface area contributed by atoms with Gasteiger partial charge in [0.25, 0.3) is 0 Å². The van der Waals surface area contributed by atoms with E-state index in [0.29, 0.717) is 29.4 Å². The summed E-state index contributed by atoms with van der Waals surface area (Å²) < 4.78 is 1.45. The molecule has 0 saturated heterocycles. The highest BCUT2D eigenvalue weighted by Crippen LogP contribution is 2.21. The number of nitrogens with zero attached hydrogens (tertiary/aromatic N) is 4. The van der Waals surface area contributed by atoms with Crippen LogP contribution in [0.4, 0.5) is 5.69 Å². The number of hydrogen-bond acceptors (Lipinski definition) is 7. The minimum absolute atomic E-state index is 0.00236. The van der Waals surface area contributed by atoms with Crippen LogP contribution in [-0.4, -0.2) is 43.2 Å². The summed E-state index contributed by atoms with van der Waals surface area (Å²) in [5, 5.41) is 28.6. The molecule has 0 aliphatic rings. The van der Waals surface area contributed by atoms with Gasteiger partial charge in [-0.15, -0.1) is 11.3 Å². The van der Waals surface area contributed by atoms with Gasteiger partial charge in [0.15, 0.2) is 5.69 Å². The standard InChI is InChI=1S/C14H17N5O5S/c1-8-13(19(23)24)9(2)18(17-8)6-4-11(20)15-5-3-12-16-10(7-25-12)14(21)22/h7H,3-6H2,1-2H3,(H,15,20)(H,21,22). The van der Waals surface area contributed by atoms with Gasteiger partial charge in [0.2, 0.25) is 5.91 Å². The van der Waals surface area contributed by atoms with Crippen molar-refractivity contribution in [3.63, 3.8) is 0 Å². The maximum atomic E-state index is 11.9. The first-order chi connectivity index (χ1) is 11.8. The van der Waals surface area contributed by atoms with E-state index in [4.69, 9.17) is 5.11 Å². The Labute approximate surface area is 146 Å². The van der Waals surface area contributed by atoms with Crippen LogP contribution in [0.25, 0.3) is 0 Å². The van der Waals surface area contributed by atoms with E-state index in [-0.39, 0.29) is 30.3 Å². The molecule has 2 rings (SSSR count). The summed E-state index contributed by atoms with van der Waals surface area (Å²) >= 11 is 1.23. The number of aromatic nitrogens is 3. The molecular weight excluding hydrogens is 350 g/mol. The molecule has 134 valence electrons. The third kappa shape index (κ3) is 4.59. The summed E-state index contributed by atoms with van der Waals surface area (Å²) in [6.07, 6.45) is 0.576. The number of amides is 1. The average Bonchev–Trinajstić information content (AvgIpc) is 3.10. The minimum atomic E-state index is -1.08. The lowest BCUT2D eigenvalue weighted by Gasteiger charge is -2.05. The fourth-order valence-corrected chi connectivity index (χ4v) is 3.07. The molecule has 0 unspecified atom stereocenters. The van der Waals surface area contributed by atoms with Crippen LogP contribution in [0, 0.1) is 24.0 Å². The molecule has 10 nitrogen and oxygen atoms in total. The lowest BCUT2D eigenvalue weighted by Crippen LogP contribution is -2.26. The lowest BCUT2D eigenvalue weighted by molar-refractivity contribution is -0.386. The van der Waals surface area contributed by atoms with Crippen molar-refractivity contribution in [2.24, 2.45) is 0 Å². The van der Waals surface area contributed by atoms with Gasteiger partial charge in [-0.3, -0.25) is 19.6 Å². The Balaban J connectivity index is 1.80. The fraction of sp³-hybridized carbons (Fsp3) is 0.429. The minimum Gasteiger partial charge on any atom is -0.476 e. The van der Waals surface area contributed by atoms with Gasteiger partial charge in [-0.1, -0.05) is 0 Å². The number of hydrogen-bond donors (Lipinski definition) is 2. The molecule has 0 fully saturated rings. The predicted octanol–water partition coefficient (Wildman–Crippen LogP) is 1.31. The number of nitrogens with one attached hydrogen (secondary N) is 1. The zero-order valence-electron chi connectivity index (χ0n) is 13.7. The van der Waals surface area contributed by atoms with Gasteiger partial charge in [0.05, 0.1) is 16.5 Å². The molecule has 11 heteroatoms. The molecule has 2 aromatic rings. The first-order valence-electron chi connectivity index (χ1n) is 7.42. The second kappa shape index (κ2) is 7.83. The summed E-state index contributed by atoms with van der Waals surface area (Å²) in [5.41, 5.74) is 0.705. The number of carbonyl (C=O) groups excluding carboxylic acids is 1. The van der Waals surface area contributed by atoms with Crippen molar-refractivity contribution < 1.29 is 19.6 Å². The quantitative estimate of drug-likeness (QED) is 0.529. The fourth-order valence-electron chi connectivity index (χ4n) is 2.30. The third-order valence-corrected chi connectivity index (χ3v) is 4.42. The van der Waals surface area contributed by atoms with Crippen molar-refractivity contribution >= 4 is 28.9 Å². The number of carboxylic acids is 1. The Hall–Kier alpha value is -2.82. The van der Waals surface area contributed by atoms with Crippen LogP contribution < -0.4 is 5.32 Å². The van der Waals surface area contributed by atoms with E-state index < -0.39 is 10.9 Å². The molecular formula is C14H17N5O5S. The van der Waals surface area contributed by atoms with Gasteiger partial charge in [-0.25, -0.2) is 9.78 Å². The number of aryl methyl sites for hydroxylation is 2. The Bertz CT molecular complexity index is 813. The Morgan fingerprint density at radius 2 is 2.16 bits per heavy atom. The molecule has 1 amide bonds. The summed E-state index contributed by atoms with van der Waals surface area (Å²) in [7, 11) is 0. The summed E-state index contributed by atoms with van der Waals surface area (Å²) in [6.45, 7) is 3.73. The van der Waals surface area contributed by atoms with E-state index in [9.17, 15) is 19.7 Å². The first kappa shape index (κ1) is 18.5. The molecule has 0 spiro atoms. The number of nitro groups is 1. The second-order valence-electron chi connectivity index (χ2n) is 5.28. The van der Waals surface area contributed by atoms with Crippen LogP contribution >= 0.6 is 11.3 Å². The largest absolute Gasteiger partial charge is 0.476 e. The highest BCUT2D eigenvalue weighted by Gasteiger charge is 2.21. The van der Waals surface area contributed by atoms with Gasteiger partial charge in [0.1, 0.15) is 11.4 Å².